The second kappa shape index (κ2) is 8.96. The minimum atomic E-state index is -0.741. The van der Waals surface area contributed by atoms with Gasteiger partial charge in [0, 0.05) is 6.54 Å². The fourth-order valence-electron chi connectivity index (χ4n) is 4.20. The molecule has 0 saturated heterocycles. The van der Waals surface area contributed by atoms with Crippen LogP contribution >= 0.6 is 23.2 Å². The monoisotopic (exact) mass is 450 g/mol. The Kier molecular flexibility index (Phi) is 6.32. The number of ether oxygens (including phenoxy) is 1. The molecule has 0 radical (unpaired) electrons. The third-order valence-electron chi connectivity index (χ3n) is 5.64. The van der Waals surface area contributed by atoms with Crippen molar-refractivity contribution in [3.05, 3.63) is 44.3 Å². The topological polar surface area (TPSA) is 88.7 Å². The van der Waals surface area contributed by atoms with E-state index in [1.807, 2.05) is 4.57 Å². The van der Waals surface area contributed by atoms with E-state index >= 15 is 0 Å². The summed E-state index contributed by atoms with van der Waals surface area (Å²) in [6.07, 6.45) is 6.94. The Morgan fingerprint density at radius 3 is 2.83 bits per heavy atom. The zero-order valence-electron chi connectivity index (χ0n) is 16.8. The fourth-order valence-corrected chi connectivity index (χ4v) is 5.01. The van der Waals surface area contributed by atoms with Crippen molar-refractivity contribution in [1.29, 1.82) is 0 Å². The molecule has 1 unspecified atom stereocenters. The lowest BCUT2D eigenvalue weighted by atomic mass is 9.85. The van der Waals surface area contributed by atoms with Crippen molar-refractivity contribution < 1.29 is 14.6 Å². The van der Waals surface area contributed by atoms with Crippen LogP contribution in [0.4, 0.5) is 5.82 Å². The molecule has 2 N–H and O–H groups in total. The quantitative estimate of drug-likeness (QED) is 0.672. The summed E-state index contributed by atoms with van der Waals surface area (Å²) in [5.74, 6) is 0.230. The van der Waals surface area contributed by atoms with Crippen LogP contribution in [-0.4, -0.2) is 40.1 Å². The molecule has 1 aliphatic carbocycles. The molecular weight excluding hydrogens is 427 g/mol. The van der Waals surface area contributed by atoms with Gasteiger partial charge in [-0.25, -0.2) is 9.78 Å². The maximum absolute atomic E-state index is 12.6. The summed E-state index contributed by atoms with van der Waals surface area (Å²) in [6, 6.07) is 0. The first-order valence-electron chi connectivity index (χ1n) is 10.2. The zero-order chi connectivity index (χ0) is 21.3. The van der Waals surface area contributed by atoms with Gasteiger partial charge in [-0.1, -0.05) is 23.2 Å². The molecule has 1 aromatic heterocycles. The van der Waals surface area contributed by atoms with Crippen molar-refractivity contribution in [2.75, 3.05) is 18.5 Å². The summed E-state index contributed by atoms with van der Waals surface area (Å²) >= 11 is 13.3. The highest BCUT2D eigenvalue weighted by Crippen LogP contribution is 2.40. The zero-order valence-corrected chi connectivity index (χ0v) is 18.3. The smallest absolute Gasteiger partial charge is 0.341 e. The average Bonchev–Trinajstić information content (AvgIpc) is 3.04. The molecule has 160 valence electrons. The highest BCUT2D eigenvalue weighted by molar-refractivity contribution is 6.40. The Labute approximate surface area is 185 Å². The van der Waals surface area contributed by atoms with Gasteiger partial charge in [-0.3, -0.25) is 4.99 Å². The third-order valence-corrected chi connectivity index (χ3v) is 6.47. The number of nitrogens with zero attached hydrogens (tertiary/aromatic N) is 3. The number of aryl methyl sites for hydroxylation is 1. The van der Waals surface area contributed by atoms with Crippen LogP contribution < -0.4 is 5.32 Å². The second-order valence-electron chi connectivity index (χ2n) is 7.44. The molecule has 1 atom stereocenters. The maximum atomic E-state index is 12.6. The Bertz CT molecular complexity index is 1000. The molecule has 1 aliphatic heterocycles. The van der Waals surface area contributed by atoms with Crippen LogP contribution in [0.15, 0.2) is 11.3 Å². The molecule has 30 heavy (non-hydrogen) atoms. The van der Waals surface area contributed by atoms with E-state index in [-0.39, 0.29) is 18.7 Å². The number of aliphatic imine (C=N–C) groups is 1. The van der Waals surface area contributed by atoms with Gasteiger partial charge in [-0.05, 0) is 55.7 Å². The van der Waals surface area contributed by atoms with E-state index in [0.717, 1.165) is 42.4 Å². The number of halogens is 2. The lowest BCUT2D eigenvalue weighted by Crippen LogP contribution is -2.16. The van der Waals surface area contributed by atoms with Crippen LogP contribution in [-0.2, 0) is 30.5 Å². The molecule has 0 fully saturated rings. The highest BCUT2D eigenvalue weighted by atomic mass is 35.5. The largest absolute Gasteiger partial charge is 0.462 e. The van der Waals surface area contributed by atoms with Gasteiger partial charge in [0.05, 0.1) is 41.4 Å². The number of aliphatic hydroxyl groups excluding tert-OH is 1. The standard InChI is InChI=1S/C21H24Cl2N4O3/c1-2-30-21(29)16-17(22)13-6-4-3-5-12(13)14(18(16)23)7-8-27-11-26-19-15(28)9-24-10-25-20(19)27/h10-11,15,28H,2-9H2,1H3,(H,24,25). The Morgan fingerprint density at radius 1 is 1.30 bits per heavy atom. The van der Waals surface area contributed by atoms with Crippen LogP contribution in [0.3, 0.4) is 0 Å². The number of imidazole rings is 1. The Balaban J connectivity index is 1.70. The predicted molar refractivity (Wildman–Crippen MR) is 117 cm³/mol. The van der Waals surface area contributed by atoms with Gasteiger partial charge >= 0.3 is 5.97 Å². The summed E-state index contributed by atoms with van der Waals surface area (Å²) in [6.45, 7) is 2.87. The molecule has 0 saturated carbocycles. The number of aromatic nitrogens is 2. The molecule has 2 aromatic rings. The number of aliphatic hydroxyl groups is 1. The summed E-state index contributed by atoms with van der Waals surface area (Å²) in [4.78, 5) is 21.0. The molecule has 2 heterocycles. The van der Waals surface area contributed by atoms with Crippen molar-refractivity contribution >= 4 is 41.3 Å². The first-order valence-corrected chi connectivity index (χ1v) is 10.9. The molecule has 4 rings (SSSR count). The van der Waals surface area contributed by atoms with Crippen molar-refractivity contribution in [2.24, 2.45) is 4.99 Å². The second-order valence-corrected chi connectivity index (χ2v) is 8.20. The van der Waals surface area contributed by atoms with E-state index in [0.29, 0.717) is 34.5 Å². The summed E-state index contributed by atoms with van der Waals surface area (Å²) in [7, 11) is 0. The van der Waals surface area contributed by atoms with Crippen molar-refractivity contribution in [3.8, 4) is 0 Å². The van der Waals surface area contributed by atoms with Crippen LogP contribution in [0, 0.1) is 0 Å². The number of carbonyl (C=O) groups excluding carboxylic acids is 1. The van der Waals surface area contributed by atoms with Crippen LogP contribution in [0.5, 0.6) is 0 Å². The van der Waals surface area contributed by atoms with E-state index in [1.165, 1.54) is 0 Å². The lowest BCUT2D eigenvalue weighted by molar-refractivity contribution is 0.0526. The first kappa shape index (κ1) is 21.2. The number of rotatable bonds is 5. The fraction of sp³-hybridized carbons (Fsp3) is 0.476. The number of fused-ring (bicyclic) bond motifs is 2. The SMILES string of the molecule is CCOC(=O)c1c(Cl)c2c(c(CCn3cnc4c3NC=NCC4O)c1Cl)CCCC2. The molecule has 0 bridgehead atoms. The number of esters is 1. The van der Waals surface area contributed by atoms with Crippen molar-refractivity contribution in [1.82, 2.24) is 9.55 Å². The summed E-state index contributed by atoms with van der Waals surface area (Å²) < 4.78 is 7.14. The number of carbonyl (C=O) groups is 1. The number of hydrogen-bond donors (Lipinski definition) is 2. The van der Waals surface area contributed by atoms with Gasteiger partial charge in [-0.15, -0.1) is 0 Å². The highest BCUT2D eigenvalue weighted by Gasteiger charge is 2.28. The number of nitrogens with one attached hydrogen (secondary N) is 1. The van der Waals surface area contributed by atoms with Crippen LogP contribution in [0.1, 0.15) is 58.6 Å². The predicted octanol–water partition coefficient (Wildman–Crippen LogP) is 3.98. The van der Waals surface area contributed by atoms with Gasteiger partial charge in [0.25, 0.3) is 0 Å². The Hall–Kier alpha value is -2.09. The van der Waals surface area contributed by atoms with E-state index in [1.54, 1.807) is 19.6 Å². The van der Waals surface area contributed by atoms with Gasteiger partial charge in [-0.2, -0.15) is 0 Å². The number of benzene rings is 1. The minimum absolute atomic E-state index is 0.259. The summed E-state index contributed by atoms with van der Waals surface area (Å²) in [5, 5.41) is 14.1. The number of anilines is 1. The van der Waals surface area contributed by atoms with E-state index in [9.17, 15) is 9.90 Å². The lowest BCUT2D eigenvalue weighted by Gasteiger charge is -2.24. The van der Waals surface area contributed by atoms with E-state index in [4.69, 9.17) is 27.9 Å². The maximum Gasteiger partial charge on any atom is 0.341 e. The molecule has 0 amide bonds. The van der Waals surface area contributed by atoms with Gasteiger partial charge in [0.1, 0.15) is 17.6 Å². The van der Waals surface area contributed by atoms with Crippen LogP contribution in [0.25, 0.3) is 0 Å². The van der Waals surface area contributed by atoms with Crippen LogP contribution in [0.2, 0.25) is 10.0 Å². The van der Waals surface area contributed by atoms with Crippen molar-refractivity contribution in [2.45, 2.75) is 51.7 Å². The Morgan fingerprint density at radius 2 is 2.07 bits per heavy atom. The van der Waals surface area contributed by atoms with Gasteiger partial charge < -0.3 is 19.7 Å². The molecular formula is C21H24Cl2N4O3. The van der Waals surface area contributed by atoms with Crippen molar-refractivity contribution in [3.63, 3.8) is 0 Å². The molecule has 9 heteroatoms. The summed E-state index contributed by atoms with van der Waals surface area (Å²) in [5.41, 5.74) is 3.93. The minimum Gasteiger partial charge on any atom is -0.462 e. The third kappa shape index (κ3) is 3.82. The van der Waals surface area contributed by atoms with Gasteiger partial charge in [0.2, 0.25) is 0 Å². The van der Waals surface area contributed by atoms with E-state index < -0.39 is 12.1 Å². The number of hydrogen-bond acceptors (Lipinski definition) is 6. The molecule has 1 aromatic carbocycles. The van der Waals surface area contributed by atoms with E-state index in [2.05, 4.69) is 15.3 Å². The van der Waals surface area contributed by atoms with Gasteiger partial charge in [0.15, 0.2) is 0 Å². The molecule has 0 spiro atoms. The first-order chi connectivity index (χ1) is 14.5. The average molecular weight is 451 g/mol. The molecule has 2 aliphatic rings. The normalized spacial score (nSPS) is 17.7. The molecule has 7 nitrogen and oxygen atoms in total.